The van der Waals surface area contributed by atoms with E-state index in [0.717, 1.165) is 37.1 Å². The Labute approximate surface area is 115 Å². The van der Waals surface area contributed by atoms with Crippen molar-refractivity contribution >= 4 is 27.3 Å². The smallest absolute Gasteiger partial charge is 0.0662 e. The molecule has 0 spiro atoms. The molecule has 1 fully saturated rings. The summed E-state index contributed by atoms with van der Waals surface area (Å²) in [6, 6.07) is 2.18. The lowest BCUT2D eigenvalue weighted by Gasteiger charge is -2.43. The van der Waals surface area contributed by atoms with Crippen LogP contribution < -0.4 is 5.73 Å². The van der Waals surface area contributed by atoms with Crippen molar-refractivity contribution in [2.24, 2.45) is 5.73 Å². The second kappa shape index (κ2) is 5.80. The molecular weight excluding hydrogens is 300 g/mol. The number of hydrogen-bond donors (Lipinski definition) is 1. The van der Waals surface area contributed by atoms with Crippen LogP contribution in [-0.2, 0) is 11.3 Å². The number of thiophene rings is 1. The number of halogens is 1. The average Bonchev–Trinajstić information content (AvgIpc) is 2.75. The van der Waals surface area contributed by atoms with E-state index in [1.54, 1.807) is 11.3 Å². The topological polar surface area (TPSA) is 38.5 Å². The average molecular weight is 319 g/mol. The third kappa shape index (κ3) is 3.09. The van der Waals surface area contributed by atoms with E-state index in [0.29, 0.717) is 6.54 Å². The van der Waals surface area contributed by atoms with Crippen molar-refractivity contribution in [3.05, 3.63) is 20.8 Å². The SMILES string of the molecule is CN(Cc1cc(Br)cs1)C1(CN)CCCOC1. The van der Waals surface area contributed by atoms with Crippen LogP contribution in [0.25, 0.3) is 0 Å². The first-order valence-electron chi connectivity index (χ1n) is 5.88. The first-order chi connectivity index (χ1) is 8.16. The maximum absolute atomic E-state index is 5.97. The summed E-state index contributed by atoms with van der Waals surface area (Å²) in [5, 5.41) is 2.12. The molecule has 1 aromatic heterocycles. The lowest BCUT2D eigenvalue weighted by molar-refractivity contribution is -0.0371. The van der Waals surface area contributed by atoms with Crippen molar-refractivity contribution in [1.29, 1.82) is 0 Å². The van der Waals surface area contributed by atoms with Crippen LogP contribution in [0.15, 0.2) is 15.9 Å². The molecule has 1 aliphatic rings. The molecule has 5 heteroatoms. The second-order valence-corrected chi connectivity index (χ2v) is 6.58. The second-order valence-electron chi connectivity index (χ2n) is 4.67. The molecule has 0 radical (unpaired) electrons. The minimum atomic E-state index is 0.0225. The van der Waals surface area contributed by atoms with Crippen molar-refractivity contribution in [1.82, 2.24) is 4.90 Å². The van der Waals surface area contributed by atoms with Gasteiger partial charge >= 0.3 is 0 Å². The Hall–Kier alpha value is 0.0600. The van der Waals surface area contributed by atoms with Crippen LogP contribution in [-0.4, -0.2) is 37.2 Å². The molecule has 2 N–H and O–H groups in total. The molecule has 1 saturated heterocycles. The largest absolute Gasteiger partial charge is 0.379 e. The summed E-state index contributed by atoms with van der Waals surface area (Å²) in [5.41, 5.74) is 5.99. The third-order valence-electron chi connectivity index (χ3n) is 3.51. The van der Waals surface area contributed by atoms with Gasteiger partial charge in [-0.3, -0.25) is 4.90 Å². The van der Waals surface area contributed by atoms with Crippen LogP contribution in [0.3, 0.4) is 0 Å². The molecule has 1 aromatic rings. The molecule has 1 aliphatic heterocycles. The van der Waals surface area contributed by atoms with Crippen LogP contribution in [0.2, 0.25) is 0 Å². The van der Waals surface area contributed by atoms with Gasteiger partial charge in [0.1, 0.15) is 0 Å². The van der Waals surface area contributed by atoms with Crippen molar-refractivity contribution < 1.29 is 4.74 Å². The van der Waals surface area contributed by atoms with E-state index in [4.69, 9.17) is 10.5 Å². The van der Waals surface area contributed by atoms with Gasteiger partial charge in [0.15, 0.2) is 0 Å². The van der Waals surface area contributed by atoms with Crippen LogP contribution in [0, 0.1) is 0 Å². The van der Waals surface area contributed by atoms with Crippen LogP contribution in [0.4, 0.5) is 0 Å². The Balaban J connectivity index is 2.04. The Bertz CT molecular complexity index is 363. The molecule has 0 aliphatic carbocycles. The number of ether oxygens (including phenoxy) is 1. The van der Waals surface area contributed by atoms with Crippen LogP contribution >= 0.6 is 27.3 Å². The first kappa shape index (κ1) is 13.5. The fraction of sp³-hybridized carbons (Fsp3) is 0.667. The van der Waals surface area contributed by atoms with E-state index in [-0.39, 0.29) is 5.54 Å². The number of nitrogens with zero attached hydrogens (tertiary/aromatic N) is 1. The summed E-state index contributed by atoms with van der Waals surface area (Å²) >= 11 is 5.27. The van der Waals surface area contributed by atoms with E-state index in [1.807, 2.05) is 0 Å². The molecule has 0 amide bonds. The molecule has 2 rings (SSSR count). The minimum Gasteiger partial charge on any atom is -0.379 e. The number of likely N-dealkylation sites (N-methyl/N-ethyl adjacent to an activating group) is 1. The molecule has 0 bridgehead atoms. The quantitative estimate of drug-likeness (QED) is 0.926. The predicted molar refractivity (Wildman–Crippen MR) is 75.3 cm³/mol. The summed E-state index contributed by atoms with van der Waals surface area (Å²) in [6.45, 7) is 3.24. The zero-order valence-corrected chi connectivity index (χ0v) is 12.5. The van der Waals surface area contributed by atoms with Gasteiger partial charge in [-0.1, -0.05) is 0 Å². The van der Waals surface area contributed by atoms with E-state index >= 15 is 0 Å². The van der Waals surface area contributed by atoms with Crippen LogP contribution in [0.1, 0.15) is 17.7 Å². The lowest BCUT2D eigenvalue weighted by Crippen LogP contribution is -2.56. The summed E-state index contributed by atoms with van der Waals surface area (Å²) < 4.78 is 6.77. The van der Waals surface area contributed by atoms with Gasteiger partial charge in [0.2, 0.25) is 0 Å². The maximum Gasteiger partial charge on any atom is 0.0662 e. The maximum atomic E-state index is 5.97. The highest BCUT2D eigenvalue weighted by atomic mass is 79.9. The van der Waals surface area contributed by atoms with Gasteiger partial charge in [-0.05, 0) is 41.9 Å². The summed E-state index contributed by atoms with van der Waals surface area (Å²) in [6.07, 6.45) is 2.24. The van der Waals surface area contributed by atoms with E-state index < -0.39 is 0 Å². The Morgan fingerprint density at radius 1 is 1.65 bits per heavy atom. The van der Waals surface area contributed by atoms with E-state index in [2.05, 4.69) is 39.3 Å². The minimum absolute atomic E-state index is 0.0225. The van der Waals surface area contributed by atoms with Crippen molar-refractivity contribution in [3.63, 3.8) is 0 Å². The standard InChI is InChI=1S/C12H19BrN2OS/c1-15(6-11-5-10(13)7-17-11)12(8-14)3-2-4-16-9-12/h5,7H,2-4,6,8-9,14H2,1H3. The molecular formula is C12H19BrN2OS. The molecule has 96 valence electrons. The third-order valence-corrected chi connectivity index (χ3v) is 5.19. The number of hydrogen-bond acceptors (Lipinski definition) is 4. The monoisotopic (exact) mass is 318 g/mol. The number of rotatable bonds is 4. The Kier molecular flexibility index (Phi) is 4.60. The van der Waals surface area contributed by atoms with E-state index in [9.17, 15) is 0 Å². The first-order valence-corrected chi connectivity index (χ1v) is 7.55. The van der Waals surface area contributed by atoms with Gasteiger partial charge in [0.25, 0.3) is 0 Å². The van der Waals surface area contributed by atoms with Crippen LogP contribution in [0.5, 0.6) is 0 Å². The summed E-state index contributed by atoms with van der Waals surface area (Å²) in [4.78, 5) is 3.71. The normalized spacial score (nSPS) is 25.4. The zero-order valence-electron chi connectivity index (χ0n) is 10.1. The molecule has 17 heavy (non-hydrogen) atoms. The predicted octanol–water partition coefficient (Wildman–Crippen LogP) is 2.45. The van der Waals surface area contributed by atoms with Gasteiger partial charge in [-0.25, -0.2) is 0 Å². The van der Waals surface area contributed by atoms with Crippen molar-refractivity contribution in [2.45, 2.75) is 24.9 Å². The Morgan fingerprint density at radius 2 is 2.47 bits per heavy atom. The molecule has 0 aromatic carbocycles. The highest BCUT2D eigenvalue weighted by Gasteiger charge is 2.35. The fourth-order valence-corrected chi connectivity index (χ4v) is 3.80. The van der Waals surface area contributed by atoms with Gasteiger partial charge in [0, 0.05) is 34.4 Å². The molecule has 0 saturated carbocycles. The molecule has 1 unspecified atom stereocenters. The summed E-state index contributed by atoms with van der Waals surface area (Å²) in [5.74, 6) is 0. The Morgan fingerprint density at radius 3 is 3.00 bits per heavy atom. The lowest BCUT2D eigenvalue weighted by atomic mass is 9.91. The highest BCUT2D eigenvalue weighted by Crippen LogP contribution is 2.28. The zero-order chi connectivity index (χ0) is 12.3. The van der Waals surface area contributed by atoms with Crippen molar-refractivity contribution in [3.8, 4) is 0 Å². The number of nitrogens with two attached hydrogens (primary N) is 1. The van der Waals surface area contributed by atoms with Gasteiger partial charge in [-0.15, -0.1) is 11.3 Å². The molecule has 3 nitrogen and oxygen atoms in total. The summed E-state index contributed by atoms with van der Waals surface area (Å²) in [7, 11) is 2.15. The fourth-order valence-electron chi connectivity index (χ4n) is 2.29. The van der Waals surface area contributed by atoms with Crippen molar-refractivity contribution in [2.75, 3.05) is 26.8 Å². The van der Waals surface area contributed by atoms with Gasteiger partial charge in [-0.2, -0.15) is 0 Å². The molecule has 2 heterocycles. The van der Waals surface area contributed by atoms with Gasteiger partial charge < -0.3 is 10.5 Å². The van der Waals surface area contributed by atoms with E-state index in [1.165, 1.54) is 4.88 Å². The molecule has 1 atom stereocenters. The van der Waals surface area contributed by atoms with Gasteiger partial charge in [0.05, 0.1) is 12.1 Å². The highest BCUT2D eigenvalue weighted by molar-refractivity contribution is 9.10.